The van der Waals surface area contributed by atoms with Gasteiger partial charge in [0.15, 0.2) is 0 Å². The van der Waals surface area contributed by atoms with Gasteiger partial charge in [-0.2, -0.15) is 0 Å². The predicted octanol–water partition coefficient (Wildman–Crippen LogP) is 1.70. The number of aryl methyl sites for hydroxylation is 1. The Morgan fingerprint density at radius 2 is 2.13 bits per heavy atom. The van der Waals surface area contributed by atoms with Crippen LogP contribution in [0.15, 0.2) is 36.7 Å². The molecule has 1 heterocycles. The van der Waals surface area contributed by atoms with Crippen molar-refractivity contribution >= 4 is 0 Å². The molecule has 78 valence electrons. The second-order valence-corrected chi connectivity index (χ2v) is 3.63. The normalized spacial score (nSPS) is 10.5. The Morgan fingerprint density at radius 1 is 1.33 bits per heavy atom. The van der Waals surface area contributed by atoms with Crippen molar-refractivity contribution in [1.82, 2.24) is 9.55 Å². The first kappa shape index (κ1) is 9.93. The smallest absolute Gasteiger partial charge is 0.105 e. The zero-order valence-electron chi connectivity index (χ0n) is 8.85. The van der Waals surface area contributed by atoms with Gasteiger partial charge in [-0.25, -0.2) is 4.98 Å². The topological polar surface area (TPSA) is 43.8 Å². The molecule has 0 spiro atoms. The van der Waals surface area contributed by atoms with Crippen molar-refractivity contribution in [3.8, 4) is 0 Å². The Bertz CT molecular complexity index is 446. The molecular weight excluding hydrogens is 186 g/mol. The molecule has 0 radical (unpaired) electrons. The van der Waals surface area contributed by atoms with Gasteiger partial charge in [0, 0.05) is 25.5 Å². The highest BCUT2D eigenvalue weighted by molar-refractivity contribution is 5.23. The van der Waals surface area contributed by atoms with E-state index in [2.05, 4.69) is 21.7 Å². The van der Waals surface area contributed by atoms with Gasteiger partial charge in [0.25, 0.3) is 0 Å². The van der Waals surface area contributed by atoms with Gasteiger partial charge >= 0.3 is 0 Å². The van der Waals surface area contributed by atoms with Crippen molar-refractivity contribution in [3.05, 3.63) is 53.6 Å². The van der Waals surface area contributed by atoms with E-state index < -0.39 is 0 Å². The Balaban J connectivity index is 2.21. The maximum absolute atomic E-state index is 5.60. The molecule has 2 rings (SSSR count). The van der Waals surface area contributed by atoms with Crippen LogP contribution >= 0.6 is 0 Å². The van der Waals surface area contributed by atoms with E-state index in [4.69, 9.17) is 5.73 Å². The Hall–Kier alpha value is -1.61. The number of aromatic nitrogens is 2. The minimum absolute atomic E-state index is 0.594. The number of nitrogens with zero attached hydrogens (tertiary/aromatic N) is 2. The number of hydrogen-bond acceptors (Lipinski definition) is 2. The summed E-state index contributed by atoms with van der Waals surface area (Å²) in [5.41, 5.74) is 8.04. The van der Waals surface area contributed by atoms with Crippen LogP contribution in [0.5, 0.6) is 0 Å². The lowest BCUT2D eigenvalue weighted by Gasteiger charge is -2.06. The lowest BCUT2D eigenvalue weighted by Crippen LogP contribution is -2.02. The third-order valence-corrected chi connectivity index (χ3v) is 2.50. The van der Waals surface area contributed by atoms with Gasteiger partial charge in [0.05, 0.1) is 0 Å². The van der Waals surface area contributed by atoms with Gasteiger partial charge in [-0.05, 0) is 18.1 Å². The molecule has 3 heteroatoms. The molecule has 1 aromatic heterocycles. The summed E-state index contributed by atoms with van der Waals surface area (Å²) in [6.45, 7) is 3.46. The van der Waals surface area contributed by atoms with Crippen molar-refractivity contribution in [1.29, 1.82) is 0 Å². The van der Waals surface area contributed by atoms with Crippen LogP contribution in [0.4, 0.5) is 0 Å². The molecule has 15 heavy (non-hydrogen) atoms. The van der Waals surface area contributed by atoms with E-state index in [1.54, 1.807) is 0 Å². The first-order valence-electron chi connectivity index (χ1n) is 5.05. The molecule has 0 bridgehead atoms. The fraction of sp³-hybridized carbons (Fsp3) is 0.250. The quantitative estimate of drug-likeness (QED) is 0.821. The van der Waals surface area contributed by atoms with Crippen molar-refractivity contribution in [2.45, 2.75) is 20.0 Å². The molecule has 0 aliphatic carbocycles. The highest BCUT2D eigenvalue weighted by Gasteiger charge is 1.99. The minimum atomic E-state index is 0.594. The van der Waals surface area contributed by atoms with E-state index in [0.29, 0.717) is 6.54 Å². The molecule has 1 aromatic carbocycles. The second kappa shape index (κ2) is 4.28. The summed E-state index contributed by atoms with van der Waals surface area (Å²) >= 11 is 0. The lowest BCUT2D eigenvalue weighted by atomic mass is 10.1. The average Bonchev–Trinajstić information content (AvgIpc) is 2.65. The van der Waals surface area contributed by atoms with Gasteiger partial charge in [-0.3, -0.25) is 0 Å². The molecule has 0 saturated carbocycles. The summed E-state index contributed by atoms with van der Waals surface area (Å²) < 4.78 is 2.12. The van der Waals surface area contributed by atoms with Crippen molar-refractivity contribution in [2.75, 3.05) is 0 Å². The fourth-order valence-corrected chi connectivity index (χ4v) is 1.62. The van der Waals surface area contributed by atoms with Crippen LogP contribution in [-0.2, 0) is 13.1 Å². The molecule has 2 N–H and O–H groups in total. The zero-order valence-corrected chi connectivity index (χ0v) is 8.85. The van der Waals surface area contributed by atoms with E-state index in [9.17, 15) is 0 Å². The molecule has 2 aromatic rings. The number of imidazole rings is 1. The Morgan fingerprint density at radius 3 is 2.80 bits per heavy atom. The third-order valence-electron chi connectivity index (χ3n) is 2.50. The van der Waals surface area contributed by atoms with Crippen LogP contribution in [0.1, 0.15) is 17.0 Å². The Labute approximate surface area is 89.6 Å². The highest BCUT2D eigenvalue weighted by atomic mass is 15.0. The van der Waals surface area contributed by atoms with Crippen molar-refractivity contribution in [2.24, 2.45) is 5.73 Å². The molecular formula is C12H15N3. The third kappa shape index (κ3) is 2.25. The zero-order chi connectivity index (χ0) is 10.7. The summed E-state index contributed by atoms with van der Waals surface area (Å²) in [7, 11) is 0. The Kier molecular flexibility index (Phi) is 2.83. The van der Waals surface area contributed by atoms with Gasteiger partial charge in [-0.15, -0.1) is 0 Å². The highest BCUT2D eigenvalue weighted by Crippen LogP contribution is 2.08. The second-order valence-electron chi connectivity index (χ2n) is 3.63. The number of nitrogens with two attached hydrogens (primary N) is 1. The summed E-state index contributed by atoms with van der Waals surface area (Å²) in [6.07, 6.45) is 3.81. The number of hydrogen-bond donors (Lipinski definition) is 1. The number of rotatable bonds is 3. The van der Waals surface area contributed by atoms with Crippen LogP contribution in [0.25, 0.3) is 0 Å². The molecule has 0 atom stereocenters. The SMILES string of the molecule is Cc1nccn1Cc1cccc(CN)c1. The maximum Gasteiger partial charge on any atom is 0.105 e. The minimum Gasteiger partial charge on any atom is -0.331 e. The average molecular weight is 201 g/mol. The van der Waals surface area contributed by atoms with E-state index >= 15 is 0 Å². The van der Waals surface area contributed by atoms with E-state index in [0.717, 1.165) is 12.4 Å². The summed E-state index contributed by atoms with van der Waals surface area (Å²) in [5.74, 6) is 1.04. The van der Waals surface area contributed by atoms with Crippen molar-refractivity contribution < 1.29 is 0 Å². The molecule has 0 aliphatic heterocycles. The lowest BCUT2D eigenvalue weighted by molar-refractivity contribution is 0.760. The predicted molar refractivity (Wildman–Crippen MR) is 60.4 cm³/mol. The van der Waals surface area contributed by atoms with E-state index in [1.807, 2.05) is 31.5 Å². The molecule has 3 nitrogen and oxygen atoms in total. The van der Waals surface area contributed by atoms with Crippen molar-refractivity contribution in [3.63, 3.8) is 0 Å². The maximum atomic E-state index is 5.60. The van der Waals surface area contributed by atoms with Gasteiger partial charge < -0.3 is 10.3 Å². The monoisotopic (exact) mass is 201 g/mol. The van der Waals surface area contributed by atoms with E-state index in [1.165, 1.54) is 11.1 Å². The summed E-state index contributed by atoms with van der Waals surface area (Å²) in [6, 6.07) is 8.34. The summed E-state index contributed by atoms with van der Waals surface area (Å²) in [5, 5.41) is 0. The van der Waals surface area contributed by atoms with Crippen LogP contribution in [0.3, 0.4) is 0 Å². The molecule has 0 amide bonds. The van der Waals surface area contributed by atoms with Crippen LogP contribution in [0, 0.1) is 6.92 Å². The molecule has 0 unspecified atom stereocenters. The van der Waals surface area contributed by atoms with Gasteiger partial charge in [-0.1, -0.05) is 24.3 Å². The summed E-state index contributed by atoms with van der Waals surface area (Å²) in [4.78, 5) is 4.19. The largest absolute Gasteiger partial charge is 0.331 e. The first-order valence-corrected chi connectivity index (χ1v) is 5.05. The van der Waals surface area contributed by atoms with Gasteiger partial charge in [0.2, 0.25) is 0 Å². The molecule has 0 saturated heterocycles. The fourth-order valence-electron chi connectivity index (χ4n) is 1.62. The van der Waals surface area contributed by atoms with Crippen LogP contribution < -0.4 is 5.73 Å². The van der Waals surface area contributed by atoms with E-state index in [-0.39, 0.29) is 0 Å². The standard InChI is InChI=1S/C12H15N3/c1-10-14-5-6-15(10)9-12-4-2-3-11(7-12)8-13/h2-7H,8-9,13H2,1H3. The molecule has 0 aliphatic rings. The van der Waals surface area contributed by atoms with Gasteiger partial charge in [0.1, 0.15) is 5.82 Å². The van der Waals surface area contributed by atoms with Crippen LogP contribution in [0.2, 0.25) is 0 Å². The number of benzene rings is 1. The molecule has 0 fully saturated rings. The van der Waals surface area contributed by atoms with Crippen LogP contribution in [-0.4, -0.2) is 9.55 Å². The first-order chi connectivity index (χ1) is 7.29.